The highest BCUT2D eigenvalue weighted by atomic mass is 35.5. The molecule has 0 spiro atoms. The second-order valence-corrected chi connectivity index (χ2v) is 5.04. The first-order chi connectivity index (χ1) is 8.59. The van der Waals surface area contributed by atoms with Gasteiger partial charge in [0.25, 0.3) is 5.91 Å². The van der Waals surface area contributed by atoms with Gasteiger partial charge in [0.1, 0.15) is 5.69 Å². The summed E-state index contributed by atoms with van der Waals surface area (Å²) in [6.07, 6.45) is 2.16. The molecule has 100 valence electrons. The number of aryl methyl sites for hydroxylation is 2. The molecule has 1 aliphatic rings. The summed E-state index contributed by atoms with van der Waals surface area (Å²) in [5.74, 6) is 0.226. The number of ether oxygens (including phenoxy) is 1. The summed E-state index contributed by atoms with van der Waals surface area (Å²) < 4.78 is 6.89. The third kappa shape index (κ3) is 2.84. The van der Waals surface area contributed by atoms with Crippen molar-refractivity contribution in [2.24, 2.45) is 13.0 Å². The van der Waals surface area contributed by atoms with E-state index in [4.69, 9.17) is 16.3 Å². The van der Waals surface area contributed by atoms with Crippen molar-refractivity contribution in [1.82, 2.24) is 15.1 Å². The number of amides is 1. The standard InChI is InChI=1S/C12H18ClN3O2/c1-8-10(13)11(16(2)15-8)12(17)14-6-9-4-3-5-18-7-9/h9H,3-7H2,1-2H3,(H,14,17). The Bertz CT molecular complexity index is 439. The van der Waals surface area contributed by atoms with E-state index in [1.165, 1.54) is 4.68 Å². The Morgan fingerprint density at radius 3 is 3.00 bits per heavy atom. The summed E-state index contributed by atoms with van der Waals surface area (Å²) in [6, 6.07) is 0. The van der Waals surface area contributed by atoms with E-state index in [-0.39, 0.29) is 5.91 Å². The lowest BCUT2D eigenvalue weighted by Crippen LogP contribution is -2.34. The van der Waals surface area contributed by atoms with E-state index in [2.05, 4.69) is 10.4 Å². The smallest absolute Gasteiger partial charge is 0.271 e. The van der Waals surface area contributed by atoms with Crippen LogP contribution in [0.3, 0.4) is 0 Å². The van der Waals surface area contributed by atoms with E-state index in [0.29, 0.717) is 28.9 Å². The minimum absolute atomic E-state index is 0.173. The van der Waals surface area contributed by atoms with Gasteiger partial charge in [-0.3, -0.25) is 9.48 Å². The van der Waals surface area contributed by atoms with Gasteiger partial charge in [0.05, 0.1) is 17.3 Å². The molecular weight excluding hydrogens is 254 g/mol. The van der Waals surface area contributed by atoms with E-state index in [1.54, 1.807) is 14.0 Å². The average Bonchev–Trinajstić information content (AvgIpc) is 2.62. The zero-order chi connectivity index (χ0) is 13.1. The Balaban J connectivity index is 1.95. The second kappa shape index (κ2) is 5.71. The van der Waals surface area contributed by atoms with Crippen molar-refractivity contribution in [3.8, 4) is 0 Å². The maximum absolute atomic E-state index is 12.0. The molecule has 0 bridgehead atoms. The molecule has 0 aliphatic carbocycles. The van der Waals surface area contributed by atoms with Gasteiger partial charge in [-0.05, 0) is 25.7 Å². The van der Waals surface area contributed by atoms with Crippen LogP contribution in [0.25, 0.3) is 0 Å². The second-order valence-electron chi connectivity index (χ2n) is 4.66. The number of nitrogens with zero attached hydrogens (tertiary/aromatic N) is 2. The summed E-state index contributed by atoms with van der Waals surface area (Å²) >= 11 is 6.06. The Labute approximate surface area is 111 Å². The molecule has 0 aromatic carbocycles. The highest BCUT2D eigenvalue weighted by Crippen LogP contribution is 2.19. The molecule has 1 unspecified atom stereocenters. The van der Waals surface area contributed by atoms with Crippen LogP contribution in [-0.2, 0) is 11.8 Å². The quantitative estimate of drug-likeness (QED) is 0.907. The largest absolute Gasteiger partial charge is 0.381 e. The third-order valence-corrected chi connectivity index (χ3v) is 3.62. The number of aromatic nitrogens is 2. The van der Waals surface area contributed by atoms with E-state index in [0.717, 1.165) is 26.1 Å². The van der Waals surface area contributed by atoms with Crippen molar-refractivity contribution in [3.63, 3.8) is 0 Å². The molecule has 1 saturated heterocycles. The van der Waals surface area contributed by atoms with Crippen molar-refractivity contribution in [2.75, 3.05) is 19.8 Å². The molecule has 1 amide bonds. The zero-order valence-electron chi connectivity index (χ0n) is 10.7. The van der Waals surface area contributed by atoms with Gasteiger partial charge >= 0.3 is 0 Å². The lowest BCUT2D eigenvalue weighted by Gasteiger charge is -2.22. The first-order valence-corrected chi connectivity index (χ1v) is 6.52. The first-order valence-electron chi connectivity index (χ1n) is 6.14. The van der Waals surface area contributed by atoms with Crippen LogP contribution >= 0.6 is 11.6 Å². The van der Waals surface area contributed by atoms with Gasteiger partial charge in [-0.2, -0.15) is 5.10 Å². The fourth-order valence-corrected chi connectivity index (χ4v) is 2.41. The van der Waals surface area contributed by atoms with Gasteiger partial charge in [-0.25, -0.2) is 0 Å². The number of carbonyl (C=O) groups excluding carboxylic acids is 1. The van der Waals surface area contributed by atoms with Crippen molar-refractivity contribution >= 4 is 17.5 Å². The third-order valence-electron chi connectivity index (χ3n) is 3.17. The van der Waals surface area contributed by atoms with Crippen molar-refractivity contribution in [1.29, 1.82) is 0 Å². The van der Waals surface area contributed by atoms with Crippen LogP contribution in [-0.4, -0.2) is 35.4 Å². The van der Waals surface area contributed by atoms with Crippen LogP contribution in [0.2, 0.25) is 5.02 Å². The maximum atomic E-state index is 12.0. The van der Waals surface area contributed by atoms with Crippen molar-refractivity contribution in [3.05, 3.63) is 16.4 Å². The van der Waals surface area contributed by atoms with E-state index in [9.17, 15) is 4.79 Å². The monoisotopic (exact) mass is 271 g/mol. The number of nitrogens with one attached hydrogen (secondary N) is 1. The predicted octanol–water partition coefficient (Wildman–Crippen LogP) is 1.54. The SMILES string of the molecule is Cc1nn(C)c(C(=O)NCC2CCCOC2)c1Cl. The number of carbonyl (C=O) groups is 1. The number of hydrogen-bond acceptors (Lipinski definition) is 3. The van der Waals surface area contributed by atoms with Crippen molar-refractivity contribution < 1.29 is 9.53 Å². The van der Waals surface area contributed by atoms with Crippen LogP contribution < -0.4 is 5.32 Å². The number of hydrogen-bond donors (Lipinski definition) is 1. The Hall–Kier alpha value is -1.07. The lowest BCUT2D eigenvalue weighted by molar-refractivity contribution is 0.0535. The minimum Gasteiger partial charge on any atom is -0.381 e. The predicted molar refractivity (Wildman–Crippen MR) is 68.8 cm³/mol. The van der Waals surface area contributed by atoms with E-state index in [1.807, 2.05) is 0 Å². The maximum Gasteiger partial charge on any atom is 0.271 e. The highest BCUT2D eigenvalue weighted by molar-refractivity contribution is 6.34. The number of halogens is 1. The molecule has 2 rings (SSSR count). The van der Waals surface area contributed by atoms with E-state index < -0.39 is 0 Å². The molecule has 2 heterocycles. The molecule has 0 radical (unpaired) electrons. The minimum atomic E-state index is -0.173. The lowest BCUT2D eigenvalue weighted by atomic mass is 10.0. The molecule has 6 heteroatoms. The van der Waals surface area contributed by atoms with Gasteiger partial charge in [-0.15, -0.1) is 0 Å². The summed E-state index contributed by atoms with van der Waals surface area (Å²) in [7, 11) is 1.72. The molecule has 18 heavy (non-hydrogen) atoms. The number of rotatable bonds is 3. The highest BCUT2D eigenvalue weighted by Gasteiger charge is 2.20. The van der Waals surface area contributed by atoms with Crippen LogP contribution in [0.4, 0.5) is 0 Å². The van der Waals surface area contributed by atoms with Gasteiger partial charge in [0, 0.05) is 20.2 Å². The molecule has 1 aromatic heterocycles. The molecule has 1 N–H and O–H groups in total. The molecule has 0 saturated carbocycles. The van der Waals surface area contributed by atoms with Crippen LogP contribution in [0.1, 0.15) is 29.0 Å². The van der Waals surface area contributed by atoms with Crippen LogP contribution in [0.15, 0.2) is 0 Å². The molecule has 1 aliphatic heterocycles. The normalized spacial score (nSPS) is 19.8. The summed E-state index contributed by atoms with van der Waals surface area (Å²) in [5, 5.41) is 7.45. The topological polar surface area (TPSA) is 56.2 Å². The fourth-order valence-electron chi connectivity index (χ4n) is 2.17. The molecule has 1 fully saturated rings. The fraction of sp³-hybridized carbons (Fsp3) is 0.667. The van der Waals surface area contributed by atoms with E-state index >= 15 is 0 Å². The van der Waals surface area contributed by atoms with Gasteiger partial charge < -0.3 is 10.1 Å². The summed E-state index contributed by atoms with van der Waals surface area (Å²) in [4.78, 5) is 12.0. The molecule has 1 atom stereocenters. The first kappa shape index (κ1) is 13.4. The van der Waals surface area contributed by atoms with Crippen molar-refractivity contribution in [2.45, 2.75) is 19.8 Å². The van der Waals surface area contributed by atoms with Crippen LogP contribution in [0, 0.1) is 12.8 Å². The average molecular weight is 272 g/mol. The summed E-state index contributed by atoms with van der Waals surface area (Å²) in [6.45, 7) is 3.96. The van der Waals surface area contributed by atoms with Gasteiger partial charge in [-0.1, -0.05) is 11.6 Å². The van der Waals surface area contributed by atoms with Crippen LogP contribution in [0.5, 0.6) is 0 Å². The summed E-state index contributed by atoms with van der Waals surface area (Å²) in [5.41, 5.74) is 1.09. The van der Waals surface area contributed by atoms with Gasteiger partial charge in [0.15, 0.2) is 0 Å². The Morgan fingerprint density at radius 1 is 1.67 bits per heavy atom. The molecule has 5 nitrogen and oxygen atoms in total. The Morgan fingerprint density at radius 2 is 2.44 bits per heavy atom. The Kier molecular flexibility index (Phi) is 4.24. The molecule has 1 aromatic rings. The van der Waals surface area contributed by atoms with Gasteiger partial charge in [0.2, 0.25) is 0 Å². The zero-order valence-corrected chi connectivity index (χ0v) is 11.5. The molecular formula is C12H18ClN3O2.